The molecular weight excluding hydrogens is 326 g/mol. The van der Waals surface area contributed by atoms with Gasteiger partial charge in [0.25, 0.3) is 5.91 Å². The topological polar surface area (TPSA) is 78.9 Å². The fraction of sp³-hybridized carbons (Fsp3) is 0.524. The molecule has 2 atom stereocenters. The fourth-order valence-electron chi connectivity index (χ4n) is 4.46. The average molecular weight is 355 g/mol. The lowest BCUT2D eigenvalue weighted by Gasteiger charge is -2.44. The molecule has 1 saturated carbocycles. The molecule has 1 aliphatic heterocycles. The molecule has 1 aromatic carbocycles. The molecule has 1 amide bonds. The van der Waals surface area contributed by atoms with Gasteiger partial charge in [0, 0.05) is 31.4 Å². The molecule has 1 saturated heterocycles. The summed E-state index contributed by atoms with van der Waals surface area (Å²) < 4.78 is 0. The SMILES string of the molecule is CN=C(C(=CN)C(=O)N1CCCC2CCCCC21)c1ccc(CO)cc1. The van der Waals surface area contributed by atoms with Crippen LogP contribution in [0.3, 0.4) is 0 Å². The van der Waals surface area contributed by atoms with Crippen LogP contribution in [0, 0.1) is 5.92 Å². The molecule has 1 aromatic rings. The van der Waals surface area contributed by atoms with Crippen LogP contribution in [0.25, 0.3) is 0 Å². The van der Waals surface area contributed by atoms with Crippen molar-refractivity contribution in [1.82, 2.24) is 4.90 Å². The maximum Gasteiger partial charge on any atom is 0.257 e. The summed E-state index contributed by atoms with van der Waals surface area (Å²) in [4.78, 5) is 19.7. The predicted molar refractivity (Wildman–Crippen MR) is 104 cm³/mol. The van der Waals surface area contributed by atoms with Crippen molar-refractivity contribution in [2.24, 2.45) is 16.6 Å². The van der Waals surface area contributed by atoms with E-state index in [1.807, 2.05) is 29.2 Å². The quantitative estimate of drug-likeness (QED) is 0.644. The van der Waals surface area contributed by atoms with Gasteiger partial charge >= 0.3 is 0 Å². The zero-order valence-corrected chi connectivity index (χ0v) is 15.5. The molecule has 1 aliphatic carbocycles. The van der Waals surface area contributed by atoms with Crippen molar-refractivity contribution >= 4 is 11.6 Å². The average Bonchev–Trinajstić information content (AvgIpc) is 2.71. The van der Waals surface area contributed by atoms with E-state index in [2.05, 4.69) is 4.99 Å². The molecule has 0 spiro atoms. The lowest BCUT2D eigenvalue weighted by molar-refractivity contribution is -0.132. The molecule has 3 rings (SSSR count). The number of rotatable bonds is 4. The van der Waals surface area contributed by atoms with Gasteiger partial charge in [0.15, 0.2) is 0 Å². The van der Waals surface area contributed by atoms with Crippen LogP contribution in [-0.2, 0) is 11.4 Å². The summed E-state index contributed by atoms with van der Waals surface area (Å²) in [6.07, 6.45) is 8.50. The molecule has 140 valence electrons. The monoisotopic (exact) mass is 355 g/mol. The summed E-state index contributed by atoms with van der Waals surface area (Å²) in [7, 11) is 1.69. The van der Waals surface area contributed by atoms with Gasteiger partial charge in [-0.1, -0.05) is 37.1 Å². The zero-order chi connectivity index (χ0) is 18.5. The van der Waals surface area contributed by atoms with Crippen LogP contribution >= 0.6 is 0 Å². The van der Waals surface area contributed by atoms with E-state index in [4.69, 9.17) is 5.73 Å². The summed E-state index contributed by atoms with van der Waals surface area (Å²) in [6, 6.07) is 7.79. The third kappa shape index (κ3) is 3.68. The highest BCUT2D eigenvalue weighted by molar-refractivity contribution is 6.28. The van der Waals surface area contributed by atoms with E-state index < -0.39 is 0 Å². The third-order valence-electron chi connectivity index (χ3n) is 5.79. The number of nitrogens with zero attached hydrogens (tertiary/aromatic N) is 2. The minimum Gasteiger partial charge on any atom is -0.404 e. The Balaban J connectivity index is 1.85. The van der Waals surface area contributed by atoms with Crippen LogP contribution in [0.5, 0.6) is 0 Å². The van der Waals surface area contributed by atoms with Crippen LogP contribution in [-0.4, -0.2) is 41.3 Å². The molecule has 2 unspecified atom stereocenters. The Morgan fingerprint density at radius 1 is 1.23 bits per heavy atom. The smallest absolute Gasteiger partial charge is 0.257 e. The lowest BCUT2D eigenvalue weighted by Crippen LogP contribution is -2.50. The van der Waals surface area contributed by atoms with Gasteiger partial charge in [0.1, 0.15) is 0 Å². The lowest BCUT2D eigenvalue weighted by atomic mass is 9.78. The number of amides is 1. The Morgan fingerprint density at radius 2 is 1.92 bits per heavy atom. The number of aliphatic hydroxyl groups excluding tert-OH is 1. The Labute approximate surface area is 155 Å². The number of fused-ring (bicyclic) bond motifs is 1. The van der Waals surface area contributed by atoms with Gasteiger partial charge in [-0.25, -0.2) is 0 Å². The molecule has 3 N–H and O–H groups in total. The third-order valence-corrected chi connectivity index (χ3v) is 5.79. The molecule has 0 radical (unpaired) electrons. The highest BCUT2D eigenvalue weighted by Crippen LogP contribution is 2.36. The van der Waals surface area contributed by atoms with E-state index in [-0.39, 0.29) is 12.5 Å². The first kappa shape index (κ1) is 18.6. The Morgan fingerprint density at radius 3 is 2.58 bits per heavy atom. The summed E-state index contributed by atoms with van der Waals surface area (Å²) >= 11 is 0. The van der Waals surface area contributed by atoms with Crippen LogP contribution in [0.15, 0.2) is 41.0 Å². The number of hydrogen-bond donors (Lipinski definition) is 2. The minimum atomic E-state index is -0.00571. The second-order valence-electron chi connectivity index (χ2n) is 7.26. The summed E-state index contributed by atoms with van der Waals surface area (Å²) in [5, 5.41) is 9.23. The van der Waals surface area contributed by atoms with Crippen molar-refractivity contribution in [1.29, 1.82) is 0 Å². The first-order chi connectivity index (χ1) is 12.7. The molecule has 2 fully saturated rings. The number of piperidine rings is 1. The van der Waals surface area contributed by atoms with Crippen LogP contribution in [0.2, 0.25) is 0 Å². The van der Waals surface area contributed by atoms with E-state index >= 15 is 0 Å². The van der Waals surface area contributed by atoms with E-state index in [0.29, 0.717) is 23.2 Å². The molecule has 0 bridgehead atoms. The second kappa shape index (κ2) is 8.49. The van der Waals surface area contributed by atoms with E-state index in [9.17, 15) is 9.90 Å². The molecule has 1 heterocycles. The number of hydrogen-bond acceptors (Lipinski definition) is 4. The van der Waals surface area contributed by atoms with Crippen LogP contribution < -0.4 is 5.73 Å². The Hall–Kier alpha value is -2.14. The van der Waals surface area contributed by atoms with Crippen molar-refractivity contribution in [2.45, 2.75) is 51.2 Å². The van der Waals surface area contributed by atoms with Gasteiger partial charge in [-0.05, 0) is 37.2 Å². The van der Waals surface area contributed by atoms with Gasteiger partial charge < -0.3 is 15.7 Å². The van der Waals surface area contributed by atoms with Crippen LogP contribution in [0.1, 0.15) is 49.7 Å². The molecule has 26 heavy (non-hydrogen) atoms. The number of aliphatic imine (C=N–C) groups is 1. The molecule has 0 aromatic heterocycles. The van der Waals surface area contributed by atoms with E-state index in [1.165, 1.54) is 31.9 Å². The summed E-state index contributed by atoms with van der Waals surface area (Å²) in [6.45, 7) is 0.798. The van der Waals surface area contributed by atoms with Crippen LogP contribution in [0.4, 0.5) is 0 Å². The normalized spacial score (nSPS) is 24.3. The molecule has 5 nitrogen and oxygen atoms in total. The van der Waals surface area contributed by atoms with Crippen molar-refractivity contribution in [3.05, 3.63) is 47.2 Å². The van der Waals surface area contributed by atoms with Gasteiger partial charge in [0.2, 0.25) is 0 Å². The van der Waals surface area contributed by atoms with Gasteiger partial charge in [-0.15, -0.1) is 0 Å². The number of likely N-dealkylation sites (tertiary alicyclic amines) is 1. The minimum absolute atomic E-state index is 0.00376. The maximum atomic E-state index is 13.3. The Kier molecular flexibility index (Phi) is 6.09. The number of nitrogens with two attached hydrogens (primary N) is 1. The standard InChI is InChI=1S/C21H29N3O2/c1-23-20(17-10-8-15(14-25)9-11-17)18(13-22)21(26)24-12-4-6-16-5-2-3-7-19(16)24/h8-11,13,16,19,25H,2-7,12,14,22H2,1H3. The fourth-order valence-corrected chi connectivity index (χ4v) is 4.46. The highest BCUT2D eigenvalue weighted by atomic mass is 16.3. The Bertz CT molecular complexity index is 692. The van der Waals surface area contributed by atoms with Crippen molar-refractivity contribution in [3.63, 3.8) is 0 Å². The number of carbonyl (C=O) groups excluding carboxylic acids is 1. The zero-order valence-electron chi connectivity index (χ0n) is 15.5. The largest absolute Gasteiger partial charge is 0.404 e. The van der Waals surface area contributed by atoms with Gasteiger partial charge in [-0.2, -0.15) is 0 Å². The number of carbonyl (C=O) groups is 1. The number of aliphatic hydroxyl groups is 1. The van der Waals surface area contributed by atoms with Crippen molar-refractivity contribution in [3.8, 4) is 0 Å². The summed E-state index contributed by atoms with van der Waals surface area (Å²) in [5.74, 6) is 0.627. The summed E-state index contributed by atoms with van der Waals surface area (Å²) in [5.41, 5.74) is 8.64. The predicted octanol–water partition coefficient (Wildman–Crippen LogP) is 2.62. The first-order valence-corrected chi connectivity index (χ1v) is 9.59. The van der Waals surface area contributed by atoms with E-state index in [1.54, 1.807) is 7.05 Å². The first-order valence-electron chi connectivity index (χ1n) is 9.59. The highest BCUT2D eigenvalue weighted by Gasteiger charge is 2.37. The van der Waals surface area contributed by atoms with Crippen molar-refractivity contribution < 1.29 is 9.90 Å². The second-order valence-corrected chi connectivity index (χ2v) is 7.26. The van der Waals surface area contributed by atoms with Gasteiger partial charge in [-0.3, -0.25) is 9.79 Å². The van der Waals surface area contributed by atoms with Crippen molar-refractivity contribution in [2.75, 3.05) is 13.6 Å². The van der Waals surface area contributed by atoms with Gasteiger partial charge in [0.05, 0.1) is 17.9 Å². The number of benzene rings is 1. The molecule has 2 aliphatic rings. The van der Waals surface area contributed by atoms with E-state index in [0.717, 1.165) is 30.5 Å². The maximum absolute atomic E-state index is 13.3. The molecule has 5 heteroatoms. The molecular formula is C21H29N3O2.